The van der Waals surface area contributed by atoms with E-state index in [1.807, 2.05) is 18.2 Å². The van der Waals surface area contributed by atoms with Gasteiger partial charge in [0.05, 0.1) is 33.6 Å². The summed E-state index contributed by atoms with van der Waals surface area (Å²) in [5.41, 5.74) is 30.8. The van der Waals surface area contributed by atoms with Crippen LogP contribution in [0.25, 0.3) is 135 Å². The molecule has 494 valence electrons. The molecule has 15 aromatic carbocycles. The second-order valence-electron chi connectivity index (χ2n) is 27.9. The van der Waals surface area contributed by atoms with Gasteiger partial charge in [-0.05, 0) is 150 Å². The van der Waals surface area contributed by atoms with E-state index < -0.39 is 10.8 Å². The molecule has 21 rings (SSSR count). The zero-order chi connectivity index (χ0) is 69.9. The molecular formula is C100H62N4O2. The second-order valence-corrected chi connectivity index (χ2v) is 27.9. The molecule has 4 heterocycles. The Morgan fingerprint density at radius 3 is 0.915 bits per heavy atom. The Kier molecular flexibility index (Phi) is 14.0. The molecule has 0 radical (unpaired) electrons. The minimum Gasteiger partial charge on any atom is -0.457 e. The van der Waals surface area contributed by atoms with E-state index in [1.54, 1.807) is 0 Å². The molecule has 2 aromatic heterocycles. The molecule has 6 heteroatoms. The summed E-state index contributed by atoms with van der Waals surface area (Å²) in [6.07, 6.45) is 0. The molecule has 17 aromatic rings. The first-order valence-electron chi connectivity index (χ1n) is 36.1. The van der Waals surface area contributed by atoms with Gasteiger partial charge in [-0.15, -0.1) is 0 Å². The van der Waals surface area contributed by atoms with Gasteiger partial charge in [-0.3, -0.25) is 0 Å². The molecule has 0 bridgehead atoms. The third-order valence-electron chi connectivity index (χ3n) is 22.1. The minimum absolute atomic E-state index is 0.545. The number of hydrogen-bond acceptors (Lipinski definition) is 6. The fourth-order valence-corrected chi connectivity index (χ4v) is 17.3. The van der Waals surface area contributed by atoms with Crippen LogP contribution in [0.4, 0.5) is 0 Å². The number of rotatable bonds is 10. The van der Waals surface area contributed by atoms with Gasteiger partial charge in [-0.1, -0.05) is 315 Å². The molecule has 0 atom stereocenters. The largest absolute Gasteiger partial charge is 0.457 e. The highest BCUT2D eigenvalue weighted by Gasteiger charge is 2.53. The minimum atomic E-state index is -0.722. The maximum atomic E-state index is 7.30. The smallest absolute Gasteiger partial charge is 0.160 e. The quantitative estimate of drug-likeness (QED) is 0.136. The normalized spacial score (nSPS) is 13.2. The number of fused-ring (bicyclic) bond motifs is 18. The number of para-hydroxylation sites is 1. The van der Waals surface area contributed by atoms with Crippen LogP contribution in [0.1, 0.15) is 44.5 Å². The standard InChI is InChI=1S/C100H62N4O2/c1-4-23-63(24-5-1)64-45-47-67(48-46-64)91-61-89(65-25-6-2-7-26-65)101-97(103-91)75-33-21-30-69(56-75)73-50-53-87-96(60-73)106-94-54-51-71(58-88(94)100(87)83-41-16-12-37-79(83)80-38-13-17-42-84(80)100)68-29-20-32-74(55-68)92-62-90(66-27-8-3-9-28-66)102-98(104-92)76-34-22-31-70(57-76)72-49-52-86-95(59-72)105-93-44-19-18-43-85(93)99(86)81-39-14-10-35-77(81)78-36-11-15-40-82(78)99/h1-62H. The first-order valence-corrected chi connectivity index (χ1v) is 36.1. The average Bonchev–Trinajstić information content (AvgIpc) is 1.50. The van der Waals surface area contributed by atoms with Crippen molar-refractivity contribution < 1.29 is 9.47 Å². The Bertz CT molecular complexity index is 6310. The Morgan fingerprint density at radius 2 is 0.443 bits per heavy atom. The second kappa shape index (κ2) is 24.4. The lowest BCUT2D eigenvalue weighted by molar-refractivity contribution is 0.436. The average molecular weight is 1350 g/mol. The van der Waals surface area contributed by atoms with Gasteiger partial charge in [-0.25, -0.2) is 19.9 Å². The summed E-state index contributed by atoms with van der Waals surface area (Å²) >= 11 is 0. The predicted molar refractivity (Wildman–Crippen MR) is 427 cm³/mol. The lowest BCUT2D eigenvalue weighted by Gasteiger charge is -2.40. The molecule has 0 saturated heterocycles. The zero-order valence-electron chi connectivity index (χ0n) is 57.4. The van der Waals surface area contributed by atoms with E-state index in [-0.39, 0.29) is 0 Å². The fraction of sp³-hybridized carbons (Fsp3) is 0.0200. The first kappa shape index (κ1) is 60.8. The zero-order valence-corrected chi connectivity index (χ0v) is 57.4. The highest BCUT2D eigenvalue weighted by Crippen LogP contribution is 2.65. The van der Waals surface area contributed by atoms with E-state index in [0.717, 1.165) is 140 Å². The van der Waals surface area contributed by atoms with Crippen molar-refractivity contribution in [1.82, 2.24) is 19.9 Å². The lowest BCUT2D eigenvalue weighted by atomic mass is 9.65. The van der Waals surface area contributed by atoms with Crippen LogP contribution in [0.15, 0.2) is 376 Å². The summed E-state index contributed by atoms with van der Waals surface area (Å²) in [5.74, 6) is 4.58. The Balaban J connectivity index is 0.641. The third kappa shape index (κ3) is 9.65. The van der Waals surface area contributed by atoms with Gasteiger partial charge in [-0.2, -0.15) is 0 Å². The molecule has 0 N–H and O–H groups in total. The van der Waals surface area contributed by atoms with Crippen LogP contribution in [-0.4, -0.2) is 19.9 Å². The van der Waals surface area contributed by atoms with E-state index in [4.69, 9.17) is 29.4 Å². The Morgan fingerprint density at radius 1 is 0.160 bits per heavy atom. The number of hydrogen-bond donors (Lipinski definition) is 0. The number of benzene rings is 15. The summed E-state index contributed by atoms with van der Waals surface area (Å²) in [6.45, 7) is 0. The maximum absolute atomic E-state index is 7.30. The summed E-state index contributed by atoms with van der Waals surface area (Å²) in [5, 5.41) is 0. The number of ether oxygens (including phenoxy) is 2. The monoisotopic (exact) mass is 1350 g/mol. The molecule has 0 saturated carbocycles. The molecule has 0 unspecified atom stereocenters. The van der Waals surface area contributed by atoms with E-state index in [0.29, 0.717) is 11.6 Å². The highest BCUT2D eigenvalue weighted by molar-refractivity contribution is 5.92. The van der Waals surface area contributed by atoms with Gasteiger partial charge in [0.15, 0.2) is 11.6 Å². The summed E-state index contributed by atoms with van der Waals surface area (Å²) < 4.78 is 14.3. The van der Waals surface area contributed by atoms with Gasteiger partial charge < -0.3 is 9.47 Å². The van der Waals surface area contributed by atoms with Crippen LogP contribution in [0.3, 0.4) is 0 Å². The van der Waals surface area contributed by atoms with E-state index in [1.165, 1.54) is 50.1 Å². The molecule has 0 fully saturated rings. The molecule has 0 amide bonds. The molecule has 2 aliphatic carbocycles. The summed E-state index contributed by atoms with van der Waals surface area (Å²) in [4.78, 5) is 21.4. The van der Waals surface area contributed by atoms with Crippen molar-refractivity contribution in [2.24, 2.45) is 0 Å². The topological polar surface area (TPSA) is 70.0 Å². The van der Waals surface area contributed by atoms with Crippen molar-refractivity contribution in [3.8, 4) is 158 Å². The van der Waals surface area contributed by atoms with Crippen LogP contribution in [-0.2, 0) is 10.8 Å². The SMILES string of the molecule is c1ccc(-c2ccc(-c3cc(-c4ccccc4)nc(-c4cccc(-c5ccc6c(c5)Oc5ccc(-c7cccc(-c8cc(-c9ccccc9)nc(-c9cccc(-c%10ccc%11c(c%10)Oc%10ccccc%10C%11%10c%11ccccc%11-c%11ccccc%11%10)c9)n8)c7)cc5C65c6ccccc6-c6ccccc65)c4)n3)cc2)cc1. The molecule has 6 nitrogen and oxygen atoms in total. The molecule has 2 aliphatic heterocycles. The van der Waals surface area contributed by atoms with E-state index in [9.17, 15) is 0 Å². The van der Waals surface area contributed by atoms with Crippen molar-refractivity contribution in [2.45, 2.75) is 10.8 Å². The Labute approximate surface area is 614 Å². The van der Waals surface area contributed by atoms with Crippen LogP contribution in [0.2, 0.25) is 0 Å². The van der Waals surface area contributed by atoms with Crippen LogP contribution in [0, 0.1) is 0 Å². The highest BCUT2D eigenvalue weighted by atomic mass is 16.5. The predicted octanol–water partition coefficient (Wildman–Crippen LogP) is 24.9. The van der Waals surface area contributed by atoms with Crippen LogP contribution >= 0.6 is 0 Å². The Hall–Kier alpha value is -13.9. The van der Waals surface area contributed by atoms with Gasteiger partial charge in [0, 0.05) is 55.6 Å². The molecule has 2 spiro atoms. The van der Waals surface area contributed by atoms with Crippen LogP contribution < -0.4 is 9.47 Å². The van der Waals surface area contributed by atoms with E-state index >= 15 is 0 Å². The number of aromatic nitrogens is 4. The van der Waals surface area contributed by atoms with E-state index in [2.05, 4.69) is 358 Å². The molecular weight excluding hydrogens is 1290 g/mol. The summed E-state index contributed by atoms with van der Waals surface area (Å²) in [7, 11) is 0. The van der Waals surface area contributed by atoms with Gasteiger partial charge >= 0.3 is 0 Å². The van der Waals surface area contributed by atoms with Gasteiger partial charge in [0.1, 0.15) is 23.0 Å². The van der Waals surface area contributed by atoms with Crippen molar-refractivity contribution in [3.05, 3.63) is 421 Å². The molecule has 4 aliphatic rings. The fourth-order valence-electron chi connectivity index (χ4n) is 17.3. The van der Waals surface area contributed by atoms with Crippen molar-refractivity contribution in [1.29, 1.82) is 0 Å². The maximum Gasteiger partial charge on any atom is 0.160 e. The third-order valence-corrected chi connectivity index (χ3v) is 22.1. The van der Waals surface area contributed by atoms with Crippen molar-refractivity contribution >= 4 is 0 Å². The van der Waals surface area contributed by atoms with Gasteiger partial charge in [0.25, 0.3) is 0 Å². The summed E-state index contributed by atoms with van der Waals surface area (Å²) in [6, 6.07) is 134. The van der Waals surface area contributed by atoms with Crippen LogP contribution in [0.5, 0.6) is 23.0 Å². The van der Waals surface area contributed by atoms with Crippen molar-refractivity contribution in [3.63, 3.8) is 0 Å². The number of nitrogens with zero attached hydrogens (tertiary/aromatic N) is 4. The van der Waals surface area contributed by atoms with Crippen molar-refractivity contribution in [2.75, 3.05) is 0 Å². The van der Waals surface area contributed by atoms with Gasteiger partial charge in [0.2, 0.25) is 0 Å². The lowest BCUT2D eigenvalue weighted by Crippen LogP contribution is -2.32. The first-order chi connectivity index (χ1) is 52.5. The molecule has 106 heavy (non-hydrogen) atoms.